The summed E-state index contributed by atoms with van der Waals surface area (Å²) in [7, 11) is 1.69. The molecular formula is C25H23ClF3N5O5S. The molecule has 0 radical (unpaired) electrons. The second-order valence-corrected chi connectivity index (χ2v) is 10.4. The number of nitrogens with one attached hydrogen (secondary N) is 1. The van der Waals surface area contributed by atoms with Gasteiger partial charge in [0.05, 0.1) is 28.0 Å². The number of alkyl halides is 3. The lowest BCUT2D eigenvalue weighted by Gasteiger charge is -2.33. The first-order valence-corrected chi connectivity index (χ1v) is 13.1. The molecule has 2 aromatic carbocycles. The third kappa shape index (κ3) is 6.33. The van der Waals surface area contributed by atoms with E-state index in [0.29, 0.717) is 28.5 Å². The lowest BCUT2D eigenvalue weighted by molar-refractivity contribution is -0.146. The maximum atomic E-state index is 12.9. The number of ether oxygens (including phenoxy) is 2. The standard InChI is InChI=1S/C25H23ClF3N5O5S/c1-13(34-18-6-4-5-7-19(18)38-12-21(34)36)22-31-32-24(33(22)3)40-14(2)23(37)39-11-20(35)30-17-10-15(25(27,28)29)8-9-16(17)26/h4-10,13-14H,11-12H2,1-3H3,(H,30,35)/t13-,14+/m0/s1. The predicted octanol–water partition coefficient (Wildman–Crippen LogP) is 4.64. The van der Waals surface area contributed by atoms with E-state index >= 15 is 0 Å². The van der Waals surface area contributed by atoms with Gasteiger partial charge in [0.15, 0.2) is 24.2 Å². The van der Waals surface area contributed by atoms with Gasteiger partial charge in [-0.25, -0.2) is 0 Å². The van der Waals surface area contributed by atoms with Crippen LogP contribution in [0.1, 0.15) is 31.3 Å². The number of hydrogen-bond donors (Lipinski definition) is 1. The number of rotatable bonds is 8. The van der Waals surface area contributed by atoms with E-state index in [4.69, 9.17) is 21.1 Å². The summed E-state index contributed by atoms with van der Waals surface area (Å²) in [5.41, 5.74) is -0.652. The highest BCUT2D eigenvalue weighted by molar-refractivity contribution is 8.00. The molecule has 2 atom stereocenters. The number of carbonyl (C=O) groups is 3. The zero-order valence-electron chi connectivity index (χ0n) is 21.4. The van der Waals surface area contributed by atoms with E-state index in [1.165, 1.54) is 6.92 Å². The summed E-state index contributed by atoms with van der Waals surface area (Å²) in [6, 6.07) is 9.11. The van der Waals surface area contributed by atoms with Crippen LogP contribution in [0.5, 0.6) is 5.75 Å². The van der Waals surface area contributed by atoms with Gasteiger partial charge in [0.2, 0.25) is 0 Å². The Labute approximate surface area is 235 Å². The molecule has 1 aliphatic rings. The number of amides is 2. The average Bonchev–Trinajstić information content (AvgIpc) is 3.27. The molecule has 212 valence electrons. The van der Waals surface area contributed by atoms with Crippen LogP contribution in [0.2, 0.25) is 5.02 Å². The van der Waals surface area contributed by atoms with Crippen molar-refractivity contribution in [1.29, 1.82) is 0 Å². The van der Waals surface area contributed by atoms with Crippen LogP contribution in [0.3, 0.4) is 0 Å². The topological polar surface area (TPSA) is 116 Å². The Hall–Kier alpha value is -3.78. The molecule has 0 saturated heterocycles. The van der Waals surface area contributed by atoms with Crippen molar-refractivity contribution in [2.75, 3.05) is 23.4 Å². The molecule has 2 heterocycles. The van der Waals surface area contributed by atoms with Crippen LogP contribution in [0.15, 0.2) is 47.6 Å². The molecule has 2 amide bonds. The van der Waals surface area contributed by atoms with E-state index in [1.54, 1.807) is 47.7 Å². The minimum Gasteiger partial charge on any atom is -0.482 e. The van der Waals surface area contributed by atoms with Crippen molar-refractivity contribution in [2.24, 2.45) is 7.05 Å². The molecule has 0 aliphatic carbocycles. The van der Waals surface area contributed by atoms with Crippen molar-refractivity contribution < 1.29 is 37.0 Å². The predicted molar refractivity (Wildman–Crippen MR) is 140 cm³/mol. The van der Waals surface area contributed by atoms with Gasteiger partial charge >= 0.3 is 12.1 Å². The first-order valence-electron chi connectivity index (χ1n) is 11.8. The third-order valence-electron chi connectivity index (χ3n) is 5.90. The molecule has 15 heteroatoms. The molecule has 0 unspecified atom stereocenters. The lowest BCUT2D eigenvalue weighted by Crippen LogP contribution is -2.41. The largest absolute Gasteiger partial charge is 0.482 e. The van der Waals surface area contributed by atoms with Gasteiger partial charge in [-0.05, 0) is 44.2 Å². The van der Waals surface area contributed by atoms with E-state index in [1.807, 2.05) is 0 Å². The molecule has 0 saturated carbocycles. The Morgan fingerprint density at radius 1 is 1.20 bits per heavy atom. The van der Waals surface area contributed by atoms with Crippen molar-refractivity contribution in [3.63, 3.8) is 0 Å². The molecule has 1 aromatic heterocycles. The first kappa shape index (κ1) is 29.2. The summed E-state index contributed by atoms with van der Waals surface area (Å²) >= 11 is 6.90. The van der Waals surface area contributed by atoms with Gasteiger partial charge in [-0.2, -0.15) is 13.2 Å². The summed E-state index contributed by atoms with van der Waals surface area (Å²) in [5, 5.41) is 10.00. The van der Waals surface area contributed by atoms with E-state index in [2.05, 4.69) is 15.5 Å². The molecular weight excluding hydrogens is 575 g/mol. The van der Waals surface area contributed by atoms with Crippen molar-refractivity contribution in [2.45, 2.75) is 36.5 Å². The van der Waals surface area contributed by atoms with Crippen LogP contribution in [0.25, 0.3) is 0 Å². The van der Waals surface area contributed by atoms with E-state index in [0.717, 1.165) is 23.9 Å². The van der Waals surface area contributed by atoms with Gasteiger partial charge in [0.1, 0.15) is 11.0 Å². The molecule has 3 aromatic rings. The normalized spacial score (nSPS) is 14.7. The van der Waals surface area contributed by atoms with E-state index < -0.39 is 41.5 Å². The van der Waals surface area contributed by atoms with Crippen LogP contribution < -0.4 is 15.0 Å². The van der Waals surface area contributed by atoms with Crippen LogP contribution in [-0.2, 0) is 32.3 Å². The van der Waals surface area contributed by atoms with Crippen LogP contribution in [0, 0.1) is 0 Å². The number of aromatic nitrogens is 3. The second-order valence-electron chi connectivity index (χ2n) is 8.70. The third-order valence-corrected chi connectivity index (χ3v) is 7.34. The van der Waals surface area contributed by atoms with E-state index in [-0.39, 0.29) is 23.2 Å². The van der Waals surface area contributed by atoms with E-state index in [9.17, 15) is 27.6 Å². The number of para-hydroxylation sites is 2. The fourth-order valence-electron chi connectivity index (χ4n) is 3.90. The molecule has 10 nitrogen and oxygen atoms in total. The lowest BCUT2D eigenvalue weighted by atomic mass is 10.1. The average molecular weight is 598 g/mol. The van der Waals surface area contributed by atoms with Gasteiger partial charge in [0, 0.05) is 7.05 Å². The number of halogens is 4. The van der Waals surface area contributed by atoms with Gasteiger partial charge < -0.3 is 19.4 Å². The highest BCUT2D eigenvalue weighted by Gasteiger charge is 2.33. The Balaban J connectivity index is 1.36. The number of fused-ring (bicyclic) bond motifs is 1. The molecule has 0 bridgehead atoms. The molecule has 1 N–H and O–H groups in total. The fourth-order valence-corrected chi connectivity index (χ4v) is 4.88. The van der Waals surface area contributed by atoms with Crippen molar-refractivity contribution in [1.82, 2.24) is 14.8 Å². The van der Waals surface area contributed by atoms with Gasteiger partial charge in [-0.1, -0.05) is 35.5 Å². The second kappa shape index (κ2) is 11.8. The molecule has 40 heavy (non-hydrogen) atoms. The van der Waals surface area contributed by atoms with Crippen LogP contribution in [0.4, 0.5) is 24.5 Å². The monoisotopic (exact) mass is 597 g/mol. The minimum absolute atomic E-state index is 0.105. The Morgan fingerprint density at radius 3 is 2.65 bits per heavy atom. The van der Waals surface area contributed by atoms with Crippen LogP contribution >= 0.6 is 23.4 Å². The first-order chi connectivity index (χ1) is 18.9. The Bertz CT molecular complexity index is 1450. The number of benzene rings is 2. The number of thioether (sulfide) groups is 1. The maximum absolute atomic E-state index is 12.9. The maximum Gasteiger partial charge on any atom is 0.416 e. The van der Waals surface area contributed by atoms with Gasteiger partial charge in [0.25, 0.3) is 11.8 Å². The quantitative estimate of drug-likeness (QED) is 0.295. The number of anilines is 2. The number of carbonyl (C=O) groups excluding carboxylic acids is 3. The number of nitrogens with zero attached hydrogens (tertiary/aromatic N) is 4. The highest BCUT2D eigenvalue weighted by Crippen LogP contribution is 2.37. The zero-order valence-corrected chi connectivity index (χ0v) is 22.9. The summed E-state index contributed by atoms with van der Waals surface area (Å²) < 4.78 is 51.0. The Kier molecular flexibility index (Phi) is 8.59. The highest BCUT2D eigenvalue weighted by atomic mass is 35.5. The minimum atomic E-state index is -4.62. The summed E-state index contributed by atoms with van der Waals surface area (Å²) in [6.45, 7) is 2.48. The molecule has 1 aliphatic heterocycles. The molecule has 4 rings (SSSR count). The van der Waals surface area contributed by atoms with Gasteiger partial charge in [-0.15, -0.1) is 10.2 Å². The van der Waals surface area contributed by atoms with Crippen molar-refractivity contribution >= 4 is 52.5 Å². The summed E-state index contributed by atoms with van der Waals surface area (Å²) in [6.07, 6.45) is -4.62. The van der Waals surface area contributed by atoms with Crippen LogP contribution in [-0.4, -0.2) is 51.0 Å². The van der Waals surface area contributed by atoms with Gasteiger partial charge in [-0.3, -0.25) is 19.3 Å². The number of hydrogen-bond acceptors (Lipinski definition) is 8. The SMILES string of the molecule is C[C@@H](Sc1nnc([C@H](C)N2C(=O)COc3ccccc32)n1C)C(=O)OCC(=O)Nc1cc(C(F)(F)F)ccc1Cl. The summed E-state index contributed by atoms with van der Waals surface area (Å²) in [4.78, 5) is 39.0. The number of esters is 1. The zero-order chi connectivity index (χ0) is 29.2. The summed E-state index contributed by atoms with van der Waals surface area (Å²) in [5.74, 6) is -0.834. The Morgan fingerprint density at radius 2 is 1.93 bits per heavy atom. The molecule has 0 spiro atoms. The van der Waals surface area contributed by atoms with Crippen molar-refractivity contribution in [3.05, 3.63) is 58.9 Å². The smallest absolute Gasteiger partial charge is 0.416 e. The van der Waals surface area contributed by atoms with Crippen molar-refractivity contribution in [3.8, 4) is 5.75 Å². The fraction of sp³-hybridized carbons (Fsp3) is 0.320. The molecule has 0 fully saturated rings.